The van der Waals surface area contributed by atoms with Crippen LogP contribution in [0.2, 0.25) is 0 Å². The van der Waals surface area contributed by atoms with Crippen LogP contribution in [-0.2, 0) is 9.53 Å². The molecule has 0 aromatic heterocycles. The van der Waals surface area contributed by atoms with E-state index in [0.29, 0.717) is 13.2 Å². The van der Waals surface area contributed by atoms with E-state index in [-0.39, 0.29) is 30.4 Å². The average Bonchev–Trinajstić information content (AvgIpc) is 1.69. The average molecular weight is 156 g/mol. The van der Waals surface area contributed by atoms with Crippen LogP contribution in [0.1, 0.15) is 0 Å². The molecule has 0 bridgehead atoms. The van der Waals surface area contributed by atoms with Crippen LogP contribution in [0.3, 0.4) is 0 Å². The number of carbonyl (C=O) groups is 1. The SMILES string of the molecule is Cl.O.O=C1COCCN1. The van der Waals surface area contributed by atoms with Crippen LogP contribution in [0.15, 0.2) is 0 Å². The van der Waals surface area contributed by atoms with Crippen molar-refractivity contribution in [1.82, 2.24) is 5.32 Å². The number of hydrogen-bond acceptors (Lipinski definition) is 2. The molecule has 3 N–H and O–H groups in total. The number of hydrogen-bond donors (Lipinski definition) is 1. The van der Waals surface area contributed by atoms with Crippen molar-refractivity contribution in [3.05, 3.63) is 0 Å². The molecule has 0 radical (unpaired) electrons. The van der Waals surface area contributed by atoms with E-state index < -0.39 is 0 Å². The summed E-state index contributed by atoms with van der Waals surface area (Å²) in [6.07, 6.45) is 0. The van der Waals surface area contributed by atoms with Crippen LogP contribution in [0.4, 0.5) is 0 Å². The highest BCUT2D eigenvalue weighted by Gasteiger charge is 2.04. The van der Waals surface area contributed by atoms with E-state index in [4.69, 9.17) is 4.74 Å². The van der Waals surface area contributed by atoms with Gasteiger partial charge in [0.15, 0.2) is 0 Å². The van der Waals surface area contributed by atoms with Crippen molar-refractivity contribution >= 4 is 18.3 Å². The minimum Gasteiger partial charge on any atom is -0.412 e. The van der Waals surface area contributed by atoms with Crippen molar-refractivity contribution in [2.24, 2.45) is 0 Å². The third kappa shape index (κ3) is 4.20. The van der Waals surface area contributed by atoms with Crippen molar-refractivity contribution in [2.75, 3.05) is 19.8 Å². The molecule has 1 rings (SSSR count). The maximum Gasteiger partial charge on any atom is 0.246 e. The zero-order valence-corrected chi connectivity index (χ0v) is 5.66. The van der Waals surface area contributed by atoms with Gasteiger partial charge in [-0.15, -0.1) is 12.4 Å². The zero-order chi connectivity index (χ0) is 5.11. The zero-order valence-electron chi connectivity index (χ0n) is 4.85. The maximum atomic E-state index is 10.2. The topological polar surface area (TPSA) is 69.8 Å². The van der Waals surface area contributed by atoms with Crippen LogP contribution >= 0.6 is 12.4 Å². The first-order valence-corrected chi connectivity index (χ1v) is 2.24. The Kier molecular flexibility index (Phi) is 7.41. The number of rotatable bonds is 0. The van der Waals surface area contributed by atoms with Gasteiger partial charge in [0.25, 0.3) is 0 Å². The number of carbonyl (C=O) groups excluding carboxylic acids is 1. The number of morpholine rings is 1. The highest BCUT2D eigenvalue weighted by Crippen LogP contribution is 1.79. The summed E-state index contributed by atoms with van der Waals surface area (Å²) in [6, 6.07) is 0. The van der Waals surface area contributed by atoms with Crippen LogP contribution in [0, 0.1) is 0 Å². The summed E-state index contributed by atoms with van der Waals surface area (Å²) in [5, 5.41) is 2.62. The van der Waals surface area contributed by atoms with Crippen LogP contribution in [0.25, 0.3) is 0 Å². The van der Waals surface area contributed by atoms with Gasteiger partial charge in [0.05, 0.1) is 6.61 Å². The van der Waals surface area contributed by atoms with E-state index in [1.165, 1.54) is 0 Å². The standard InChI is InChI=1S/C4H7NO2.ClH.H2O/c6-4-3-7-2-1-5-4;;/h1-3H2,(H,5,6);1H;1H2. The van der Waals surface area contributed by atoms with E-state index >= 15 is 0 Å². The highest BCUT2D eigenvalue weighted by molar-refractivity contribution is 5.85. The Balaban J connectivity index is 0. The fourth-order valence-electron chi connectivity index (χ4n) is 0.479. The molecule has 1 amide bonds. The first-order valence-electron chi connectivity index (χ1n) is 2.24. The number of nitrogens with one attached hydrogen (secondary N) is 1. The molecule has 0 atom stereocenters. The molecule has 0 spiro atoms. The Labute approximate surface area is 59.3 Å². The minimum atomic E-state index is -0.00810. The van der Waals surface area contributed by atoms with Gasteiger partial charge >= 0.3 is 0 Å². The fraction of sp³-hybridized carbons (Fsp3) is 0.750. The van der Waals surface area contributed by atoms with Crippen molar-refractivity contribution in [3.8, 4) is 0 Å². The van der Waals surface area contributed by atoms with Gasteiger partial charge in [0, 0.05) is 6.54 Å². The molecule has 0 aromatic carbocycles. The molecule has 1 saturated heterocycles. The maximum absolute atomic E-state index is 10.2. The lowest BCUT2D eigenvalue weighted by molar-refractivity contribution is -0.128. The summed E-state index contributed by atoms with van der Waals surface area (Å²) >= 11 is 0. The largest absolute Gasteiger partial charge is 0.412 e. The van der Waals surface area contributed by atoms with Crippen molar-refractivity contribution < 1.29 is 15.0 Å². The summed E-state index contributed by atoms with van der Waals surface area (Å²) in [6.45, 7) is 1.56. The summed E-state index contributed by atoms with van der Waals surface area (Å²) in [4.78, 5) is 10.2. The Hall–Kier alpha value is -0.320. The molecular formula is C4H10ClNO3. The first kappa shape index (κ1) is 11.5. The Morgan fingerprint density at radius 1 is 1.56 bits per heavy atom. The normalized spacial score (nSPS) is 16.7. The number of amides is 1. The Morgan fingerprint density at radius 3 is 2.44 bits per heavy atom. The van der Waals surface area contributed by atoms with Gasteiger partial charge in [0.2, 0.25) is 5.91 Å². The molecule has 0 saturated carbocycles. The van der Waals surface area contributed by atoms with E-state index in [0.717, 1.165) is 0 Å². The van der Waals surface area contributed by atoms with Crippen molar-refractivity contribution in [3.63, 3.8) is 0 Å². The quantitative estimate of drug-likeness (QED) is 0.474. The van der Waals surface area contributed by atoms with Gasteiger partial charge in [-0.2, -0.15) is 0 Å². The van der Waals surface area contributed by atoms with Gasteiger partial charge in [-0.25, -0.2) is 0 Å². The molecule has 1 fully saturated rings. The van der Waals surface area contributed by atoms with E-state index in [9.17, 15) is 4.79 Å². The minimum absolute atomic E-state index is 0. The smallest absolute Gasteiger partial charge is 0.246 e. The first-order chi connectivity index (χ1) is 3.39. The molecule has 9 heavy (non-hydrogen) atoms. The van der Waals surface area contributed by atoms with Crippen molar-refractivity contribution in [2.45, 2.75) is 0 Å². The van der Waals surface area contributed by atoms with Gasteiger partial charge in [0.1, 0.15) is 6.61 Å². The number of ether oxygens (including phenoxy) is 1. The fourth-order valence-corrected chi connectivity index (χ4v) is 0.479. The predicted octanol–water partition coefficient (Wildman–Crippen LogP) is -1.27. The second-order valence-corrected chi connectivity index (χ2v) is 1.40. The third-order valence-electron chi connectivity index (χ3n) is 0.802. The molecule has 56 valence electrons. The van der Waals surface area contributed by atoms with Gasteiger partial charge in [-0.1, -0.05) is 0 Å². The molecular weight excluding hydrogens is 146 g/mol. The van der Waals surface area contributed by atoms with E-state index in [1.54, 1.807) is 0 Å². The van der Waals surface area contributed by atoms with Crippen molar-refractivity contribution in [1.29, 1.82) is 0 Å². The molecule has 5 heteroatoms. The second-order valence-electron chi connectivity index (χ2n) is 1.40. The molecule has 0 aliphatic carbocycles. The lowest BCUT2D eigenvalue weighted by atomic mass is 10.5. The Morgan fingerprint density at radius 2 is 2.22 bits per heavy atom. The molecule has 1 aliphatic rings. The van der Waals surface area contributed by atoms with E-state index in [1.807, 2.05) is 0 Å². The second kappa shape index (κ2) is 5.81. The predicted molar refractivity (Wildman–Crippen MR) is 34.7 cm³/mol. The summed E-state index contributed by atoms with van der Waals surface area (Å²) in [5.74, 6) is -0.00810. The van der Waals surface area contributed by atoms with Crippen LogP contribution in [-0.4, -0.2) is 31.1 Å². The molecule has 0 unspecified atom stereocenters. The highest BCUT2D eigenvalue weighted by atomic mass is 35.5. The lowest BCUT2D eigenvalue weighted by Crippen LogP contribution is -2.36. The number of halogens is 1. The summed E-state index contributed by atoms with van der Waals surface area (Å²) < 4.78 is 4.77. The molecule has 1 heterocycles. The van der Waals surface area contributed by atoms with Gasteiger partial charge in [-0.3, -0.25) is 4.79 Å². The van der Waals surface area contributed by atoms with Crippen LogP contribution < -0.4 is 5.32 Å². The molecule has 0 aromatic rings. The molecule has 4 nitrogen and oxygen atoms in total. The lowest BCUT2D eigenvalue weighted by Gasteiger charge is -2.10. The third-order valence-corrected chi connectivity index (χ3v) is 0.802. The Bertz CT molecular complexity index is 79.9. The summed E-state index contributed by atoms with van der Waals surface area (Å²) in [5.41, 5.74) is 0. The molecule has 1 aliphatic heterocycles. The summed E-state index contributed by atoms with van der Waals surface area (Å²) in [7, 11) is 0. The van der Waals surface area contributed by atoms with E-state index in [2.05, 4.69) is 5.32 Å². The van der Waals surface area contributed by atoms with Gasteiger partial charge in [-0.05, 0) is 0 Å². The monoisotopic (exact) mass is 155 g/mol. The van der Waals surface area contributed by atoms with Gasteiger partial charge < -0.3 is 15.5 Å². The van der Waals surface area contributed by atoms with Crippen LogP contribution in [0.5, 0.6) is 0 Å².